The highest BCUT2D eigenvalue weighted by Crippen LogP contribution is 2.42. The first-order valence-electron chi connectivity index (χ1n) is 16.8. The van der Waals surface area contributed by atoms with E-state index in [2.05, 4.69) is 5.32 Å². The van der Waals surface area contributed by atoms with Crippen molar-refractivity contribution >= 4 is 35.5 Å². The average Bonchev–Trinajstić information content (AvgIpc) is 3.43. The molecular weight excluding hydrogens is 707 g/mol. The van der Waals surface area contributed by atoms with Crippen LogP contribution in [0.1, 0.15) is 67.9 Å². The summed E-state index contributed by atoms with van der Waals surface area (Å²) in [5.41, 5.74) is 2.04. The number of carbonyl (C=O) groups excluding carboxylic acids is 1. The zero-order valence-corrected chi connectivity index (χ0v) is 29.6. The van der Waals surface area contributed by atoms with Crippen molar-refractivity contribution in [3.63, 3.8) is 0 Å². The number of aliphatic hydroxyl groups excluding tert-OH is 2. The molecule has 0 saturated heterocycles. The van der Waals surface area contributed by atoms with Crippen molar-refractivity contribution in [2.75, 3.05) is 5.32 Å². The number of carboxylic acid groups (broad SMARTS) is 4. The van der Waals surface area contributed by atoms with E-state index in [1.165, 1.54) is 12.1 Å². The average molecular weight is 751 g/mol. The van der Waals surface area contributed by atoms with Crippen LogP contribution >= 0.6 is 0 Å². The number of carboxylic acids is 4. The molecule has 1 amide bonds. The van der Waals surface area contributed by atoms with Crippen molar-refractivity contribution in [2.24, 2.45) is 0 Å². The molecule has 0 fully saturated rings. The monoisotopic (exact) mass is 750 g/mol. The third kappa shape index (κ3) is 11.8. The van der Waals surface area contributed by atoms with Crippen LogP contribution in [0.5, 0.6) is 0 Å². The second-order valence-corrected chi connectivity index (χ2v) is 12.9. The molecule has 0 radical (unpaired) electrons. The van der Waals surface area contributed by atoms with Crippen LogP contribution in [0, 0.1) is 5.82 Å². The Morgan fingerprint density at radius 2 is 1.28 bits per heavy atom. The van der Waals surface area contributed by atoms with Gasteiger partial charge in [-0.1, -0.05) is 62.4 Å². The molecule has 288 valence electrons. The number of aromatic nitrogens is 1. The van der Waals surface area contributed by atoms with Crippen LogP contribution < -0.4 is 5.32 Å². The fourth-order valence-electron chi connectivity index (χ4n) is 5.92. The lowest BCUT2D eigenvalue weighted by atomic mass is 9.94. The van der Waals surface area contributed by atoms with Gasteiger partial charge < -0.3 is 45.6 Å². The quantitative estimate of drug-likeness (QED) is 0.0706. The Hall–Kier alpha value is -5.90. The number of aliphatic carboxylic acids is 4. The predicted octanol–water partition coefficient (Wildman–Crippen LogP) is 5.07. The zero-order chi connectivity index (χ0) is 40.2. The van der Waals surface area contributed by atoms with Crippen LogP contribution in [0.2, 0.25) is 0 Å². The highest BCUT2D eigenvalue weighted by atomic mass is 19.1. The van der Waals surface area contributed by atoms with E-state index in [4.69, 9.17) is 25.5 Å². The van der Waals surface area contributed by atoms with Crippen LogP contribution in [0.4, 0.5) is 10.1 Å². The first-order chi connectivity index (χ1) is 25.4. The van der Waals surface area contributed by atoms with Gasteiger partial charge in [0.15, 0.2) is 5.60 Å². The maximum absolute atomic E-state index is 14.0. The van der Waals surface area contributed by atoms with Gasteiger partial charge in [0.1, 0.15) is 5.82 Å². The number of nitrogens with one attached hydrogen (secondary N) is 1. The number of benzene rings is 3. The van der Waals surface area contributed by atoms with E-state index in [9.17, 15) is 38.6 Å². The Morgan fingerprint density at radius 3 is 1.76 bits per heavy atom. The highest BCUT2D eigenvalue weighted by molar-refractivity contribution is 6.12. The highest BCUT2D eigenvalue weighted by Gasteiger charge is 2.41. The van der Waals surface area contributed by atoms with E-state index in [1.807, 2.05) is 79.1 Å². The lowest BCUT2D eigenvalue weighted by Crippen LogP contribution is -2.42. The van der Waals surface area contributed by atoms with Gasteiger partial charge in [-0.05, 0) is 66.3 Å². The Morgan fingerprint density at radius 1 is 0.741 bits per heavy atom. The number of halogens is 1. The van der Waals surface area contributed by atoms with Gasteiger partial charge in [-0.15, -0.1) is 0 Å². The molecule has 8 N–H and O–H groups in total. The van der Waals surface area contributed by atoms with Crippen molar-refractivity contribution in [3.8, 4) is 22.4 Å². The Kier molecular flexibility index (Phi) is 15.2. The van der Waals surface area contributed by atoms with E-state index in [0.29, 0.717) is 28.1 Å². The summed E-state index contributed by atoms with van der Waals surface area (Å²) < 4.78 is 16.0. The molecule has 2 unspecified atom stereocenters. The van der Waals surface area contributed by atoms with Crippen LogP contribution in [0.3, 0.4) is 0 Å². The van der Waals surface area contributed by atoms with E-state index in [1.54, 1.807) is 12.1 Å². The van der Waals surface area contributed by atoms with Crippen molar-refractivity contribution < 1.29 is 64.1 Å². The van der Waals surface area contributed by atoms with Crippen LogP contribution in [-0.2, 0) is 25.7 Å². The number of aliphatic hydroxyl groups is 3. The molecule has 4 rings (SSSR count). The van der Waals surface area contributed by atoms with Gasteiger partial charge in [-0.25, -0.2) is 9.18 Å². The molecule has 0 aliphatic carbocycles. The molecule has 3 aromatic carbocycles. The minimum atomic E-state index is -2.74. The standard InChI is InChI=1S/C33H35FN2O5.C6H8O7/c1-21(2)31-30(33(41)35-25-11-7-4-8-12-25)29(22-9-5-3-6-10-22)32(23-13-15-24(34)16-14-23)36(31)18-17-26(37)19-27(38)20-28(39)40;7-3(8)1-6(13,5(11)12)2-4(9)10/h3-16,21,26-27,37-38H,17-20H2,1-2H3,(H,35,41)(H,39,40);13H,1-2H2,(H,7,8)(H,9,10)(H,11,12). The molecule has 0 saturated carbocycles. The predicted molar refractivity (Wildman–Crippen MR) is 194 cm³/mol. The molecule has 4 aromatic rings. The van der Waals surface area contributed by atoms with Crippen LogP contribution in [0.25, 0.3) is 22.4 Å². The van der Waals surface area contributed by atoms with Crippen molar-refractivity contribution in [3.05, 3.63) is 102 Å². The Labute approximate surface area is 309 Å². The van der Waals surface area contributed by atoms with Gasteiger partial charge in [0.2, 0.25) is 0 Å². The molecule has 0 bridgehead atoms. The van der Waals surface area contributed by atoms with E-state index in [0.717, 1.165) is 11.3 Å². The zero-order valence-electron chi connectivity index (χ0n) is 29.6. The lowest BCUT2D eigenvalue weighted by molar-refractivity contribution is -0.170. The first-order valence-corrected chi connectivity index (χ1v) is 16.8. The van der Waals surface area contributed by atoms with Crippen LogP contribution in [-0.4, -0.2) is 87.9 Å². The molecule has 0 spiro atoms. The van der Waals surface area contributed by atoms with Gasteiger partial charge in [0.05, 0.1) is 42.7 Å². The van der Waals surface area contributed by atoms with Crippen molar-refractivity contribution in [1.82, 2.24) is 4.57 Å². The van der Waals surface area contributed by atoms with Crippen LogP contribution in [0.15, 0.2) is 84.9 Å². The number of carbonyl (C=O) groups is 5. The Bertz CT molecular complexity index is 1900. The summed E-state index contributed by atoms with van der Waals surface area (Å²) in [5, 5.41) is 66.6. The number of hydrogen-bond acceptors (Lipinski definition) is 8. The fraction of sp³-hybridized carbons (Fsp3) is 0.308. The SMILES string of the molecule is CC(C)c1c(C(=O)Nc2ccccc2)c(-c2ccccc2)c(-c2ccc(F)cc2)n1CCC(O)CC(O)CC(=O)O.O=C(O)CC(O)(CC(=O)O)C(=O)O. The summed E-state index contributed by atoms with van der Waals surface area (Å²) in [7, 11) is 0. The molecule has 0 aliphatic heterocycles. The summed E-state index contributed by atoms with van der Waals surface area (Å²) in [6.45, 7) is 4.25. The molecule has 1 heterocycles. The molecule has 2 atom stereocenters. The normalized spacial score (nSPS) is 12.3. The number of hydrogen-bond donors (Lipinski definition) is 8. The molecule has 15 heteroatoms. The maximum Gasteiger partial charge on any atom is 0.336 e. The molecule has 14 nitrogen and oxygen atoms in total. The summed E-state index contributed by atoms with van der Waals surface area (Å²) in [6.07, 6.45) is -4.80. The molecular formula is C39H43FN2O12. The molecule has 54 heavy (non-hydrogen) atoms. The number of para-hydroxylation sites is 1. The van der Waals surface area contributed by atoms with E-state index >= 15 is 0 Å². The van der Waals surface area contributed by atoms with Gasteiger partial charge in [-0.3, -0.25) is 19.2 Å². The number of rotatable bonds is 17. The summed E-state index contributed by atoms with van der Waals surface area (Å²) in [5.74, 6) is -6.95. The summed E-state index contributed by atoms with van der Waals surface area (Å²) in [6, 6.07) is 24.8. The molecule has 1 aromatic heterocycles. The largest absolute Gasteiger partial charge is 0.481 e. The number of nitrogens with zero attached hydrogens (tertiary/aromatic N) is 1. The van der Waals surface area contributed by atoms with Gasteiger partial charge in [-0.2, -0.15) is 0 Å². The maximum atomic E-state index is 14.0. The number of anilines is 1. The van der Waals surface area contributed by atoms with E-state index < -0.39 is 60.9 Å². The van der Waals surface area contributed by atoms with Crippen molar-refractivity contribution in [1.29, 1.82) is 0 Å². The van der Waals surface area contributed by atoms with Crippen molar-refractivity contribution in [2.45, 2.75) is 76.2 Å². The summed E-state index contributed by atoms with van der Waals surface area (Å²) in [4.78, 5) is 55.5. The lowest BCUT2D eigenvalue weighted by Gasteiger charge is -2.20. The Balaban J connectivity index is 0.000000515. The topological polar surface area (TPSA) is 244 Å². The minimum Gasteiger partial charge on any atom is -0.481 e. The fourth-order valence-corrected chi connectivity index (χ4v) is 5.92. The third-order valence-corrected chi connectivity index (χ3v) is 8.22. The smallest absolute Gasteiger partial charge is 0.336 e. The number of amides is 1. The second-order valence-electron chi connectivity index (χ2n) is 12.9. The van der Waals surface area contributed by atoms with Gasteiger partial charge in [0.25, 0.3) is 5.91 Å². The summed E-state index contributed by atoms with van der Waals surface area (Å²) >= 11 is 0. The first kappa shape index (κ1) is 42.5. The van der Waals surface area contributed by atoms with Gasteiger partial charge >= 0.3 is 23.9 Å². The van der Waals surface area contributed by atoms with E-state index in [-0.39, 0.29) is 37.0 Å². The van der Waals surface area contributed by atoms with Gasteiger partial charge in [0, 0.05) is 23.5 Å². The third-order valence-electron chi connectivity index (χ3n) is 8.22. The second kappa shape index (κ2) is 19.3. The molecule has 0 aliphatic rings. The minimum absolute atomic E-state index is 0.0939.